The van der Waals surface area contributed by atoms with E-state index >= 15 is 0 Å². The van der Waals surface area contributed by atoms with Crippen molar-refractivity contribution >= 4 is 52.2 Å². The number of thioether (sulfide) groups is 2. The molecule has 0 atom stereocenters. The zero-order valence-electron chi connectivity index (χ0n) is 13.7. The molecule has 6 nitrogen and oxygen atoms in total. The SMILES string of the molecule is COC1CSC2=C(SC1)C(=O)N(c1ccc3ccc(C)nc3n1)C2=O. The molecule has 0 N–H and O–H groups in total. The average Bonchev–Trinajstić information content (AvgIpc) is 2.77. The van der Waals surface area contributed by atoms with Gasteiger partial charge in [0.1, 0.15) is 5.82 Å². The summed E-state index contributed by atoms with van der Waals surface area (Å²) in [5.74, 6) is 1.00. The molecule has 2 aromatic rings. The molecule has 128 valence electrons. The Morgan fingerprint density at radius 3 is 2.32 bits per heavy atom. The number of aromatic nitrogens is 2. The van der Waals surface area contributed by atoms with E-state index in [4.69, 9.17) is 4.74 Å². The van der Waals surface area contributed by atoms with Crippen molar-refractivity contribution in [3.63, 3.8) is 0 Å². The molecular formula is C17H15N3O3S2. The van der Waals surface area contributed by atoms with E-state index < -0.39 is 0 Å². The Kier molecular flexibility index (Phi) is 4.26. The van der Waals surface area contributed by atoms with Gasteiger partial charge in [-0.2, -0.15) is 0 Å². The van der Waals surface area contributed by atoms with Gasteiger partial charge in [0.25, 0.3) is 11.8 Å². The van der Waals surface area contributed by atoms with Gasteiger partial charge in [0.2, 0.25) is 0 Å². The van der Waals surface area contributed by atoms with Crippen molar-refractivity contribution < 1.29 is 14.3 Å². The second-order valence-corrected chi connectivity index (χ2v) is 7.81. The first-order valence-electron chi connectivity index (χ1n) is 7.74. The zero-order chi connectivity index (χ0) is 17.6. The summed E-state index contributed by atoms with van der Waals surface area (Å²) in [6.07, 6.45) is 0.0284. The van der Waals surface area contributed by atoms with Crippen molar-refractivity contribution in [2.75, 3.05) is 23.5 Å². The van der Waals surface area contributed by atoms with Crippen LogP contribution in [0.5, 0.6) is 0 Å². The number of anilines is 1. The van der Waals surface area contributed by atoms with Gasteiger partial charge < -0.3 is 4.74 Å². The number of hydrogen-bond donors (Lipinski definition) is 0. The van der Waals surface area contributed by atoms with Crippen LogP contribution in [-0.4, -0.2) is 46.5 Å². The summed E-state index contributed by atoms with van der Waals surface area (Å²) < 4.78 is 5.35. The molecule has 25 heavy (non-hydrogen) atoms. The number of aryl methyl sites for hydroxylation is 1. The van der Waals surface area contributed by atoms with E-state index in [0.717, 1.165) is 16.0 Å². The number of hydrogen-bond acceptors (Lipinski definition) is 7. The summed E-state index contributed by atoms with van der Waals surface area (Å²) in [5, 5.41) is 0.870. The van der Waals surface area contributed by atoms with E-state index in [0.29, 0.717) is 32.8 Å². The molecule has 0 unspecified atom stereocenters. The lowest BCUT2D eigenvalue weighted by atomic mass is 10.2. The number of fused-ring (bicyclic) bond motifs is 1. The van der Waals surface area contributed by atoms with Crippen LogP contribution < -0.4 is 4.90 Å². The fourth-order valence-corrected chi connectivity index (χ4v) is 5.28. The lowest BCUT2D eigenvalue weighted by Crippen LogP contribution is -2.32. The highest BCUT2D eigenvalue weighted by molar-refractivity contribution is 8.08. The van der Waals surface area contributed by atoms with Gasteiger partial charge in [0.15, 0.2) is 5.65 Å². The largest absolute Gasteiger partial charge is 0.380 e. The minimum Gasteiger partial charge on any atom is -0.380 e. The summed E-state index contributed by atoms with van der Waals surface area (Å²) in [5.41, 5.74) is 1.36. The predicted octanol–water partition coefficient (Wildman–Crippen LogP) is 2.52. The molecule has 2 aliphatic rings. The monoisotopic (exact) mass is 373 g/mol. The number of nitrogens with zero attached hydrogens (tertiary/aromatic N) is 3. The number of ether oxygens (including phenoxy) is 1. The molecule has 0 saturated carbocycles. The molecular weight excluding hydrogens is 358 g/mol. The standard InChI is InChI=1S/C17H15N3O3S2/c1-9-3-4-10-5-6-12(19-15(10)18-9)20-16(21)13-14(17(20)22)25-8-11(23-2)7-24-13/h3-6,11H,7-8H2,1-2H3. The number of imide groups is 1. The molecule has 0 spiro atoms. The highest BCUT2D eigenvalue weighted by atomic mass is 32.2. The number of carbonyl (C=O) groups is 2. The van der Waals surface area contributed by atoms with Crippen LogP contribution in [-0.2, 0) is 14.3 Å². The second-order valence-electron chi connectivity index (χ2n) is 5.75. The summed E-state index contributed by atoms with van der Waals surface area (Å²) in [7, 11) is 1.64. The summed E-state index contributed by atoms with van der Waals surface area (Å²) >= 11 is 2.76. The summed E-state index contributed by atoms with van der Waals surface area (Å²) in [6.45, 7) is 1.88. The molecule has 0 radical (unpaired) electrons. The first-order valence-corrected chi connectivity index (χ1v) is 9.71. The lowest BCUT2D eigenvalue weighted by Gasteiger charge is -2.16. The number of amides is 2. The van der Waals surface area contributed by atoms with Gasteiger partial charge in [-0.25, -0.2) is 14.9 Å². The van der Waals surface area contributed by atoms with Gasteiger partial charge >= 0.3 is 0 Å². The topological polar surface area (TPSA) is 72.4 Å². The third kappa shape index (κ3) is 2.84. The molecule has 2 aromatic heterocycles. The minimum atomic E-state index is -0.311. The van der Waals surface area contributed by atoms with Crippen molar-refractivity contribution in [2.45, 2.75) is 13.0 Å². The second kappa shape index (κ2) is 6.44. The van der Waals surface area contributed by atoms with E-state index in [2.05, 4.69) is 9.97 Å². The highest BCUT2D eigenvalue weighted by Crippen LogP contribution is 2.41. The molecule has 2 amide bonds. The number of pyridine rings is 2. The summed E-state index contributed by atoms with van der Waals surface area (Å²) in [4.78, 5) is 36.6. The molecule has 0 aliphatic carbocycles. The van der Waals surface area contributed by atoms with Gasteiger partial charge in [-0.05, 0) is 31.2 Å². The van der Waals surface area contributed by atoms with Crippen LogP contribution in [0, 0.1) is 6.92 Å². The Morgan fingerprint density at radius 1 is 1.04 bits per heavy atom. The smallest absolute Gasteiger partial charge is 0.274 e. The molecule has 0 saturated heterocycles. The fraction of sp³-hybridized carbons (Fsp3) is 0.294. The van der Waals surface area contributed by atoms with Crippen LogP contribution in [0.15, 0.2) is 34.1 Å². The van der Waals surface area contributed by atoms with E-state index in [-0.39, 0.29) is 17.9 Å². The van der Waals surface area contributed by atoms with Gasteiger partial charge in [0, 0.05) is 29.7 Å². The van der Waals surface area contributed by atoms with Crippen molar-refractivity contribution in [1.29, 1.82) is 0 Å². The van der Waals surface area contributed by atoms with Crippen LogP contribution >= 0.6 is 23.5 Å². The van der Waals surface area contributed by atoms with E-state index in [9.17, 15) is 9.59 Å². The predicted molar refractivity (Wildman–Crippen MR) is 99.5 cm³/mol. The van der Waals surface area contributed by atoms with E-state index in [1.807, 2.05) is 25.1 Å². The molecule has 4 heterocycles. The van der Waals surface area contributed by atoms with Crippen molar-refractivity contribution in [3.8, 4) is 0 Å². The molecule has 0 aromatic carbocycles. The number of methoxy groups -OCH3 is 1. The Hall–Kier alpha value is -1.90. The Balaban J connectivity index is 1.69. The van der Waals surface area contributed by atoms with Gasteiger partial charge in [-0.15, -0.1) is 23.5 Å². The van der Waals surface area contributed by atoms with E-state index in [1.165, 1.54) is 23.5 Å². The van der Waals surface area contributed by atoms with Crippen molar-refractivity contribution in [3.05, 3.63) is 39.8 Å². The van der Waals surface area contributed by atoms with Crippen molar-refractivity contribution in [1.82, 2.24) is 9.97 Å². The first kappa shape index (κ1) is 16.6. The Labute approximate surface area is 153 Å². The zero-order valence-corrected chi connectivity index (χ0v) is 15.3. The first-order chi connectivity index (χ1) is 12.1. The molecule has 0 bridgehead atoms. The summed E-state index contributed by atoms with van der Waals surface area (Å²) in [6, 6.07) is 7.34. The van der Waals surface area contributed by atoms with Crippen LogP contribution in [0.25, 0.3) is 11.0 Å². The average molecular weight is 373 g/mol. The Morgan fingerprint density at radius 2 is 1.68 bits per heavy atom. The van der Waals surface area contributed by atoms with Crippen molar-refractivity contribution in [2.24, 2.45) is 0 Å². The molecule has 4 rings (SSSR count). The lowest BCUT2D eigenvalue weighted by molar-refractivity contribution is -0.120. The third-order valence-corrected chi connectivity index (χ3v) is 6.61. The number of carbonyl (C=O) groups excluding carboxylic acids is 2. The van der Waals surface area contributed by atoms with Gasteiger partial charge in [-0.3, -0.25) is 9.59 Å². The van der Waals surface area contributed by atoms with Crippen LogP contribution in [0.3, 0.4) is 0 Å². The van der Waals surface area contributed by atoms with Gasteiger partial charge in [-0.1, -0.05) is 0 Å². The maximum Gasteiger partial charge on any atom is 0.274 e. The maximum absolute atomic E-state index is 12.8. The molecule has 8 heteroatoms. The fourth-order valence-electron chi connectivity index (χ4n) is 2.70. The normalized spacial score (nSPS) is 18.9. The Bertz CT molecular complexity index is 898. The van der Waals surface area contributed by atoms with Crippen LogP contribution in [0.2, 0.25) is 0 Å². The minimum absolute atomic E-state index is 0.0284. The van der Waals surface area contributed by atoms with E-state index in [1.54, 1.807) is 13.2 Å². The highest BCUT2D eigenvalue weighted by Gasteiger charge is 2.42. The maximum atomic E-state index is 12.8. The van der Waals surface area contributed by atoms with Crippen LogP contribution in [0.1, 0.15) is 5.69 Å². The van der Waals surface area contributed by atoms with Gasteiger partial charge in [0.05, 0.1) is 15.9 Å². The third-order valence-electron chi connectivity index (χ3n) is 4.07. The quantitative estimate of drug-likeness (QED) is 0.749. The van der Waals surface area contributed by atoms with Crippen LogP contribution in [0.4, 0.5) is 5.82 Å². The number of rotatable bonds is 2. The molecule has 0 fully saturated rings. The molecule has 2 aliphatic heterocycles.